The number of hydrogen-bond acceptors (Lipinski definition) is 6. The molecule has 0 radical (unpaired) electrons. The monoisotopic (exact) mass is 540 g/mol. The third-order valence-electron chi connectivity index (χ3n) is 7.01. The lowest BCUT2D eigenvalue weighted by Crippen LogP contribution is -2.32. The Kier molecular flexibility index (Phi) is 8.31. The largest absolute Gasteiger partial charge is 0.494 e. The van der Waals surface area contributed by atoms with Crippen LogP contribution in [0.2, 0.25) is 0 Å². The first-order valence-corrected chi connectivity index (χ1v) is 13.5. The number of fused-ring (bicyclic) bond motifs is 1. The number of benzene rings is 3. The summed E-state index contributed by atoms with van der Waals surface area (Å²) in [6.07, 6.45) is 0.718. The van der Waals surface area contributed by atoms with Gasteiger partial charge >= 0.3 is 0 Å². The van der Waals surface area contributed by atoms with Crippen LogP contribution in [-0.2, 0) is 19.6 Å². The Bertz CT molecular complexity index is 1630. The van der Waals surface area contributed by atoms with Crippen LogP contribution in [0.15, 0.2) is 77.6 Å². The fourth-order valence-electron chi connectivity index (χ4n) is 4.96. The number of aryl methyl sites for hydroxylation is 1. The lowest BCUT2D eigenvalue weighted by Gasteiger charge is -2.30. The van der Waals surface area contributed by atoms with Crippen LogP contribution in [0.25, 0.3) is 10.9 Å². The molecule has 3 aromatic carbocycles. The van der Waals surface area contributed by atoms with Crippen molar-refractivity contribution in [1.29, 1.82) is 0 Å². The van der Waals surface area contributed by atoms with Crippen molar-refractivity contribution in [3.63, 3.8) is 0 Å². The van der Waals surface area contributed by atoms with E-state index >= 15 is 0 Å². The molecule has 0 saturated heterocycles. The molecule has 1 atom stereocenters. The van der Waals surface area contributed by atoms with Crippen molar-refractivity contribution in [2.45, 2.75) is 52.9 Å². The van der Waals surface area contributed by atoms with E-state index in [2.05, 4.69) is 63.5 Å². The predicted molar refractivity (Wildman–Crippen MR) is 153 cm³/mol. The van der Waals surface area contributed by atoms with Crippen molar-refractivity contribution in [3.8, 4) is 5.75 Å². The Morgan fingerprint density at radius 3 is 2.45 bits per heavy atom. The zero-order valence-corrected chi connectivity index (χ0v) is 23.0. The molecule has 0 fully saturated rings. The van der Waals surface area contributed by atoms with Gasteiger partial charge in [-0.25, -0.2) is 9.07 Å². The average molecular weight is 541 g/mol. The van der Waals surface area contributed by atoms with Gasteiger partial charge in [-0.3, -0.25) is 9.69 Å². The van der Waals surface area contributed by atoms with E-state index in [0.29, 0.717) is 37.6 Å². The molecule has 9 heteroatoms. The van der Waals surface area contributed by atoms with E-state index in [1.165, 1.54) is 17.7 Å². The standard InChI is InChI=1S/C31H33FN6O2/c1-4-29(30-34-35-36-38(30)19-23-10-12-26(32)13-11-23)37(18-22-8-6-21(3)7-9-22)20-25-16-24-17-27(40-5-2)14-15-28(24)33-31(25)39/h6-17,29H,4-5,18-20H2,1-3H3,(H,33,39)/t29-/m1/s1. The van der Waals surface area contributed by atoms with Crippen LogP contribution >= 0.6 is 0 Å². The zero-order chi connectivity index (χ0) is 28.1. The number of aromatic amines is 1. The maximum atomic E-state index is 13.5. The molecule has 8 nitrogen and oxygen atoms in total. The molecule has 0 spiro atoms. The topological polar surface area (TPSA) is 88.9 Å². The zero-order valence-electron chi connectivity index (χ0n) is 23.0. The van der Waals surface area contributed by atoms with Crippen molar-refractivity contribution >= 4 is 10.9 Å². The summed E-state index contributed by atoms with van der Waals surface area (Å²) in [4.78, 5) is 18.5. The molecular weight excluding hydrogens is 507 g/mol. The van der Waals surface area contributed by atoms with E-state index in [0.717, 1.165) is 34.2 Å². The molecule has 0 aliphatic carbocycles. The van der Waals surface area contributed by atoms with Gasteiger partial charge < -0.3 is 9.72 Å². The minimum absolute atomic E-state index is 0.133. The third-order valence-corrected chi connectivity index (χ3v) is 7.01. The van der Waals surface area contributed by atoms with E-state index in [4.69, 9.17) is 4.74 Å². The van der Waals surface area contributed by atoms with Crippen LogP contribution < -0.4 is 10.3 Å². The second-order valence-electron chi connectivity index (χ2n) is 9.94. The number of aromatic nitrogens is 5. The van der Waals surface area contributed by atoms with Crippen molar-refractivity contribution in [2.75, 3.05) is 6.61 Å². The van der Waals surface area contributed by atoms with Crippen LogP contribution in [0.5, 0.6) is 5.75 Å². The highest BCUT2D eigenvalue weighted by Gasteiger charge is 2.26. The smallest absolute Gasteiger partial charge is 0.252 e. The van der Waals surface area contributed by atoms with E-state index in [1.54, 1.807) is 16.8 Å². The molecule has 5 rings (SSSR count). The van der Waals surface area contributed by atoms with Crippen molar-refractivity contribution in [1.82, 2.24) is 30.1 Å². The summed E-state index contributed by atoms with van der Waals surface area (Å²) < 4.78 is 20.9. The van der Waals surface area contributed by atoms with Crippen LogP contribution in [0.1, 0.15) is 54.4 Å². The van der Waals surface area contributed by atoms with E-state index in [1.807, 2.05) is 31.2 Å². The van der Waals surface area contributed by atoms with Gasteiger partial charge in [0.25, 0.3) is 5.56 Å². The van der Waals surface area contributed by atoms with Gasteiger partial charge in [0, 0.05) is 29.6 Å². The van der Waals surface area contributed by atoms with E-state index < -0.39 is 0 Å². The van der Waals surface area contributed by atoms with Crippen molar-refractivity contribution in [2.24, 2.45) is 0 Å². The summed E-state index contributed by atoms with van der Waals surface area (Å²) in [6, 6.07) is 22.2. The van der Waals surface area contributed by atoms with Gasteiger partial charge in [-0.2, -0.15) is 0 Å². The highest BCUT2D eigenvalue weighted by Crippen LogP contribution is 2.27. The summed E-state index contributed by atoms with van der Waals surface area (Å²) in [7, 11) is 0. The van der Waals surface area contributed by atoms with Gasteiger partial charge in [0.05, 0.1) is 19.2 Å². The highest BCUT2D eigenvalue weighted by molar-refractivity contribution is 5.80. The van der Waals surface area contributed by atoms with Gasteiger partial charge in [-0.15, -0.1) is 5.10 Å². The van der Waals surface area contributed by atoms with Crippen LogP contribution in [-0.4, -0.2) is 36.7 Å². The minimum atomic E-state index is -0.287. The van der Waals surface area contributed by atoms with Gasteiger partial charge in [0.2, 0.25) is 0 Å². The number of nitrogens with one attached hydrogen (secondary N) is 1. The van der Waals surface area contributed by atoms with Crippen LogP contribution in [0.4, 0.5) is 4.39 Å². The van der Waals surface area contributed by atoms with E-state index in [9.17, 15) is 9.18 Å². The van der Waals surface area contributed by atoms with Gasteiger partial charge in [0.15, 0.2) is 5.82 Å². The molecule has 2 aromatic heterocycles. The molecule has 1 N–H and O–H groups in total. The Labute approximate surface area is 232 Å². The number of ether oxygens (including phenoxy) is 1. The number of hydrogen-bond donors (Lipinski definition) is 1. The lowest BCUT2D eigenvalue weighted by atomic mass is 10.1. The first-order chi connectivity index (χ1) is 19.4. The Balaban J connectivity index is 1.51. The number of rotatable bonds is 11. The van der Waals surface area contributed by atoms with Crippen LogP contribution in [0.3, 0.4) is 0 Å². The molecule has 0 aliphatic rings. The van der Waals surface area contributed by atoms with E-state index in [-0.39, 0.29) is 17.4 Å². The molecule has 206 valence electrons. The quantitative estimate of drug-likeness (QED) is 0.236. The number of halogens is 1. The molecule has 40 heavy (non-hydrogen) atoms. The molecule has 0 aliphatic heterocycles. The van der Waals surface area contributed by atoms with Crippen molar-refractivity contribution < 1.29 is 9.13 Å². The number of pyridine rings is 1. The molecule has 0 bridgehead atoms. The first-order valence-electron chi connectivity index (χ1n) is 13.5. The summed E-state index contributed by atoms with van der Waals surface area (Å²) in [5.41, 5.74) is 4.47. The summed E-state index contributed by atoms with van der Waals surface area (Å²) >= 11 is 0. The lowest BCUT2D eigenvalue weighted by molar-refractivity contribution is 0.161. The van der Waals surface area contributed by atoms with Gasteiger partial charge in [-0.05, 0) is 78.2 Å². The highest BCUT2D eigenvalue weighted by atomic mass is 19.1. The van der Waals surface area contributed by atoms with Crippen molar-refractivity contribution in [3.05, 3.63) is 117 Å². The predicted octanol–water partition coefficient (Wildman–Crippen LogP) is 5.56. The summed E-state index contributed by atoms with van der Waals surface area (Å²) in [5, 5.41) is 13.5. The second-order valence-corrected chi connectivity index (χ2v) is 9.94. The normalized spacial score (nSPS) is 12.2. The molecule has 0 unspecified atom stereocenters. The molecular formula is C31H33FN6O2. The third kappa shape index (κ3) is 6.26. The fourth-order valence-corrected chi connectivity index (χ4v) is 4.96. The summed E-state index contributed by atoms with van der Waals surface area (Å²) in [5.74, 6) is 1.16. The number of H-pyrrole nitrogens is 1. The average Bonchev–Trinajstić information content (AvgIpc) is 3.40. The first kappa shape index (κ1) is 27.2. The minimum Gasteiger partial charge on any atom is -0.494 e. The van der Waals surface area contributed by atoms with Gasteiger partial charge in [-0.1, -0.05) is 48.9 Å². The second kappa shape index (κ2) is 12.2. The van der Waals surface area contributed by atoms with Gasteiger partial charge in [0.1, 0.15) is 11.6 Å². The molecule has 0 amide bonds. The fraction of sp³-hybridized carbons (Fsp3) is 0.290. The Morgan fingerprint density at radius 1 is 0.975 bits per heavy atom. The molecule has 2 heterocycles. The summed E-state index contributed by atoms with van der Waals surface area (Å²) in [6.45, 7) is 8.05. The Hall–Kier alpha value is -4.37. The number of tetrazole rings is 1. The van der Waals surface area contributed by atoms with Crippen LogP contribution in [0, 0.1) is 12.7 Å². The SMILES string of the molecule is CCOc1ccc2[nH]c(=O)c(CN(Cc3ccc(C)cc3)[C@H](CC)c3nnnn3Cc3ccc(F)cc3)cc2c1. The maximum Gasteiger partial charge on any atom is 0.252 e. The Morgan fingerprint density at radius 2 is 1.73 bits per heavy atom. The molecule has 5 aromatic rings. The maximum absolute atomic E-state index is 13.5. The number of nitrogens with zero attached hydrogens (tertiary/aromatic N) is 5. The molecule has 0 saturated carbocycles.